The van der Waals surface area contributed by atoms with Crippen LogP contribution in [0.15, 0.2) is 0 Å². The predicted molar refractivity (Wildman–Crippen MR) is 68.5 cm³/mol. The van der Waals surface area contributed by atoms with E-state index in [1.54, 1.807) is 20.8 Å². The van der Waals surface area contributed by atoms with Crippen LogP contribution in [0.3, 0.4) is 0 Å². The highest BCUT2D eigenvalue weighted by atomic mass is 32.2. The minimum atomic E-state index is -4.09. The molecule has 0 saturated heterocycles. The van der Waals surface area contributed by atoms with E-state index in [2.05, 4.69) is 5.32 Å². The Morgan fingerprint density at radius 3 is 2.18 bits per heavy atom. The lowest BCUT2D eigenvalue weighted by Gasteiger charge is -2.28. The van der Waals surface area contributed by atoms with Crippen LogP contribution in [0.4, 0.5) is 0 Å². The highest BCUT2D eigenvalue weighted by molar-refractivity contribution is 7.86. The fourth-order valence-corrected chi connectivity index (χ4v) is 2.66. The smallest absolute Gasteiger partial charge is 0.281 e. The molecule has 0 bridgehead atoms. The summed E-state index contributed by atoms with van der Waals surface area (Å²) in [7, 11) is -4.09. The second-order valence-electron chi connectivity index (χ2n) is 5.68. The Morgan fingerprint density at radius 2 is 1.82 bits per heavy atom. The lowest BCUT2D eigenvalue weighted by molar-refractivity contribution is 0.109. The summed E-state index contributed by atoms with van der Waals surface area (Å²) in [5.74, 6) is 0.454. The van der Waals surface area contributed by atoms with Crippen LogP contribution in [-0.2, 0) is 14.9 Å². The van der Waals surface area contributed by atoms with Crippen molar-refractivity contribution in [3.63, 3.8) is 0 Å². The number of rotatable bonds is 7. The molecule has 0 saturated carbocycles. The Balaban J connectivity index is 4.13. The number of hydrogen-bond donors (Lipinski definition) is 2. The van der Waals surface area contributed by atoms with Crippen LogP contribution in [0, 0.1) is 11.3 Å². The van der Waals surface area contributed by atoms with Crippen LogP contribution < -0.4 is 5.32 Å². The van der Waals surface area contributed by atoms with Crippen LogP contribution in [0.5, 0.6) is 0 Å². The van der Waals surface area contributed by atoms with Crippen molar-refractivity contribution in [3.8, 4) is 0 Å². The molecule has 0 aliphatic carbocycles. The van der Waals surface area contributed by atoms with Gasteiger partial charge in [-0.15, -0.1) is 0 Å². The van der Waals surface area contributed by atoms with Gasteiger partial charge in [-0.2, -0.15) is 8.42 Å². The maximum atomic E-state index is 11.2. The van der Waals surface area contributed by atoms with Crippen molar-refractivity contribution in [3.05, 3.63) is 0 Å². The topological polar surface area (TPSA) is 75.6 Å². The normalized spacial score (nSPS) is 15.2. The molecule has 0 spiro atoms. The van der Waals surface area contributed by atoms with Crippen molar-refractivity contribution in [1.82, 2.24) is 5.32 Å². The Hall–Kier alpha value is -0.170. The van der Waals surface area contributed by atoms with Gasteiger partial charge < -0.3 is 4.74 Å². The number of hydrogen-bond acceptors (Lipinski definition) is 4. The van der Waals surface area contributed by atoms with Crippen LogP contribution >= 0.6 is 0 Å². The van der Waals surface area contributed by atoms with Crippen LogP contribution in [0.25, 0.3) is 0 Å². The number of ether oxygens (including phenoxy) is 1. The molecule has 0 rings (SSSR count). The van der Waals surface area contributed by atoms with Crippen molar-refractivity contribution in [2.75, 3.05) is 19.8 Å². The van der Waals surface area contributed by atoms with Crippen LogP contribution in [0.2, 0.25) is 0 Å². The quantitative estimate of drug-likeness (QED) is 0.540. The highest BCUT2D eigenvalue weighted by Gasteiger charge is 2.34. The molecule has 0 aromatic heterocycles. The van der Waals surface area contributed by atoms with Gasteiger partial charge >= 0.3 is 0 Å². The molecule has 0 heterocycles. The largest absolute Gasteiger partial charge is 0.380 e. The summed E-state index contributed by atoms with van der Waals surface area (Å²) in [6, 6.07) is 0. The molecule has 0 aromatic rings. The molecular weight excluding hydrogens is 242 g/mol. The first-order valence-electron chi connectivity index (χ1n) is 5.82. The Morgan fingerprint density at radius 1 is 1.29 bits per heavy atom. The molecule has 0 aliphatic heterocycles. The average Bonchev–Trinajstić information content (AvgIpc) is 2.05. The molecule has 0 amide bonds. The summed E-state index contributed by atoms with van der Waals surface area (Å²) in [6.07, 6.45) is 0. The van der Waals surface area contributed by atoms with Crippen molar-refractivity contribution < 1.29 is 17.7 Å². The van der Waals surface area contributed by atoms with Crippen LogP contribution in [0.1, 0.15) is 34.6 Å². The molecule has 1 unspecified atom stereocenters. The molecule has 0 fully saturated rings. The summed E-state index contributed by atoms with van der Waals surface area (Å²) < 4.78 is 36.9. The molecule has 2 N–H and O–H groups in total. The minimum absolute atomic E-state index is 0.397. The molecule has 6 heteroatoms. The Kier molecular flexibility index (Phi) is 6.61. The molecule has 0 aliphatic rings. The average molecular weight is 267 g/mol. The second-order valence-corrected chi connectivity index (χ2v) is 7.19. The minimum Gasteiger partial charge on any atom is -0.380 e. The van der Waals surface area contributed by atoms with Crippen molar-refractivity contribution in [1.29, 1.82) is 0 Å². The van der Waals surface area contributed by atoms with E-state index in [1.807, 2.05) is 13.8 Å². The first kappa shape index (κ1) is 16.8. The standard InChI is InChI=1S/C11H25NO4S/c1-9(2)8-16-7-6-12-10(11(3,4)5)17(13,14)15/h9-10,12H,6-8H2,1-5H3,(H,13,14,15). The van der Waals surface area contributed by atoms with Gasteiger partial charge in [0.2, 0.25) is 0 Å². The lowest BCUT2D eigenvalue weighted by Crippen LogP contribution is -2.47. The van der Waals surface area contributed by atoms with Crippen molar-refractivity contribution in [2.24, 2.45) is 11.3 Å². The van der Waals surface area contributed by atoms with Gasteiger partial charge in [0.15, 0.2) is 0 Å². The van der Waals surface area contributed by atoms with E-state index in [-0.39, 0.29) is 0 Å². The van der Waals surface area contributed by atoms with Crippen molar-refractivity contribution >= 4 is 10.1 Å². The first-order valence-corrected chi connectivity index (χ1v) is 7.33. The van der Waals surface area contributed by atoms with Gasteiger partial charge in [-0.25, -0.2) is 0 Å². The van der Waals surface area contributed by atoms with Gasteiger partial charge in [-0.05, 0) is 11.3 Å². The van der Waals surface area contributed by atoms with E-state index in [9.17, 15) is 8.42 Å². The third kappa shape index (κ3) is 7.70. The molecule has 5 nitrogen and oxygen atoms in total. The lowest BCUT2D eigenvalue weighted by atomic mass is 9.96. The molecule has 0 radical (unpaired) electrons. The molecule has 104 valence electrons. The van der Waals surface area contributed by atoms with Gasteiger partial charge in [0.05, 0.1) is 6.61 Å². The summed E-state index contributed by atoms with van der Waals surface area (Å²) in [5.41, 5.74) is -0.564. The Labute approximate surface area is 105 Å². The maximum absolute atomic E-state index is 11.2. The summed E-state index contributed by atoms with van der Waals surface area (Å²) in [5, 5.41) is 1.84. The van der Waals surface area contributed by atoms with E-state index in [0.29, 0.717) is 25.7 Å². The first-order chi connectivity index (χ1) is 7.55. The van der Waals surface area contributed by atoms with E-state index in [4.69, 9.17) is 9.29 Å². The van der Waals surface area contributed by atoms with Gasteiger partial charge in [-0.3, -0.25) is 9.87 Å². The number of nitrogens with one attached hydrogen (secondary N) is 1. The zero-order valence-electron chi connectivity index (χ0n) is 11.4. The molecule has 0 aromatic carbocycles. The molecule has 1 atom stereocenters. The zero-order chi connectivity index (χ0) is 13.7. The van der Waals surface area contributed by atoms with Gasteiger partial charge in [0, 0.05) is 13.2 Å². The third-order valence-corrected chi connectivity index (χ3v) is 3.58. The fraction of sp³-hybridized carbons (Fsp3) is 1.00. The molecule has 17 heavy (non-hydrogen) atoms. The second kappa shape index (κ2) is 6.68. The Bertz CT molecular complexity index is 306. The highest BCUT2D eigenvalue weighted by Crippen LogP contribution is 2.22. The van der Waals surface area contributed by atoms with Gasteiger partial charge in [0.1, 0.15) is 5.37 Å². The van der Waals surface area contributed by atoms with E-state index < -0.39 is 20.9 Å². The third-order valence-electron chi connectivity index (χ3n) is 2.11. The predicted octanol–water partition coefficient (Wildman–Crippen LogP) is 1.51. The van der Waals surface area contributed by atoms with Crippen LogP contribution in [-0.4, -0.2) is 38.1 Å². The van der Waals surface area contributed by atoms with E-state index >= 15 is 0 Å². The maximum Gasteiger partial charge on any atom is 0.281 e. The van der Waals surface area contributed by atoms with E-state index in [0.717, 1.165) is 0 Å². The summed E-state index contributed by atoms with van der Waals surface area (Å²) >= 11 is 0. The molecular formula is C11H25NO4S. The van der Waals surface area contributed by atoms with Gasteiger partial charge in [0.25, 0.3) is 10.1 Å². The van der Waals surface area contributed by atoms with Crippen molar-refractivity contribution in [2.45, 2.75) is 40.0 Å². The SMILES string of the molecule is CC(C)COCCNC(C(C)(C)C)S(=O)(=O)O. The summed E-state index contributed by atoms with van der Waals surface area (Å²) in [4.78, 5) is 0. The fourth-order valence-electron chi connectivity index (χ4n) is 1.44. The monoisotopic (exact) mass is 267 g/mol. The van der Waals surface area contributed by atoms with Gasteiger partial charge in [-0.1, -0.05) is 34.6 Å². The zero-order valence-corrected chi connectivity index (χ0v) is 12.2. The summed E-state index contributed by atoms with van der Waals surface area (Å²) in [6.45, 7) is 10.8. The van der Waals surface area contributed by atoms with E-state index in [1.165, 1.54) is 0 Å².